The van der Waals surface area contributed by atoms with Gasteiger partial charge in [-0.15, -0.1) is 0 Å². The Morgan fingerprint density at radius 1 is 1.00 bits per heavy atom. The first-order valence-corrected chi connectivity index (χ1v) is 11.0. The number of sulfonamides is 1. The maximum atomic E-state index is 12.8. The molecule has 1 fully saturated rings. The number of hydrogen-bond donors (Lipinski definition) is 2. The van der Waals surface area contributed by atoms with E-state index < -0.39 is 22.0 Å². The second-order valence-corrected chi connectivity index (χ2v) is 9.52. The highest BCUT2D eigenvalue weighted by molar-refractivity contribution is 7.89. The van der Waals surface area contributed by atoms with Gasteiger partial charge in [0.2, 0.25) is 15.9 Å². The van der Waals surface area contributed by atoms with E-state index in [1.54, 1.807) is 26.0 Å². The predicted molar refractivity (Wildman–Crippen MR) is 108 cm³/mol. The zero-order chi connectivity index (χ0) is 20.9. The monoisotopic (exact) mass is 410 g/mol. The standard InChI is InChI=1S/C19H30N4O4S/c1-14(2)16-5-7-17(8-6-16)28(26,27)23-11-9-22(10-12-23)13-18(24)21-19(25)20-15(3)4/h5-8,14-15H,9-13H2,1-4H3,(H2,20,21,24,25). The largest absolute Gasteiger partial charge is 0.336 e. The molecule has 0 aromatic heterocycles. The molecule has 1 heterocycles. The van der Waals surface area contributed by atoms with Crippen molar-refractivity contribution in [2.45, 2.75) is 44.6 Å². The first-order valence-electron chi connectivity index (χ1n) is 9.52. The number of rotatable bonds is 6. The van der Waals surface area contributed by atoms with Gasteiger partial charge < -0.3 is 5.32 Å². The number of nitrogens with one attached hydrogen (secondary N) is 2. The normalized spacial score (nSPS) is 16.4. The SMILES string of the molecule is CC(C)NC(=O)NC(=O)CN1CCN(S(=O)(=O)c2ccc(C(C)C)cc2)CC1. The first-order chi connectivity index (χ1) is 13.1. The van der Waals surface area contributed by atoms with Crippen molar-refractivity contribution in [2.24, 2.45) is 0 Å². The molecule has 0 bridgehead atoms. The Bertz CT molecular complexity index is 783. The zero-order valence-corrected chi connectivity index (χ0v) is 17.8. The highest BCUT2D eigenvalue weighted by atomic mass is 32.2. The van der Waals surface area contributed by atoms with Gasteiger partial charge in [-0.2, -0.15) is 4.31 Å². The number of amides is 3. The predicted octanol–water partition coefficient (Wildman–Crippen LogP) is 1.35. The third kappa shape index (κ3) is 6.02. The lowest BCUT2D eigenvalue weighted by Gasteiger charge is -2.33. The van der Waals surface area contributed by atoms with Gasteiger partial charge in [-0.05, 0) is 37.5 Å². The number of carbonyl (C=O) groups excluding carboxylic acids is 2. The topological polar surface area (TPSA) is 98.8 Å². The van der Waals surface area contributed by atoms with Gasteiger partial charge in [0, 0.05) is 32.2 Å². The van der Waals surface area contributed by atoms with Crippen molar-refractivity contribution in [3.8, 4) is 0 Å². The third-order valence-electron chi connectivity index (χ3n) is 4.56. The molecular formula is C19H30N4O4S. The fourth-order valence-corrected chi connectivity index (χ4v) is 4.39. The molecule has 1 aliphatic heterocycles. The molecule has 2 N–H and O–H groups in total. The number of piperazine rings is 1. The van der Waals surface area contributed by atoms with E-state index in [1.165, 1.54) is 4.31 Å². The minimum atomic E-state index is -3.55. The van der Waals surface area contributed by atoms with Crippen molar-refractivity contribution in [2.75, 3.05) is 32.7 Å². The lowest BCUT2D eigenvalue weighted by atomic mass is 10.0. The summed E-state index contributed by atoms with van der Waals surface area (Å²) >= 11 is 0. The summed E-state index contributed by atoms with van der Waals surface area (Å²) in [5, 5.41) is 4.87. The van der Waals surface area contributed by atoms with Crippen LogP contribution in [-0.4, -0.2) is 68.3 Å². The van der Waals surface area contributed by atoms with Gasteiger partial charge in [0.1, 0.15) is 0 Å². The Morgan fingerprint density at radius 3 is 2.07 bits per heavy atom. The van der Waals surface area contributed by atoms with Crippen molar-refractivity contribution in [1.82, 2.24) is 19.8 Å². The highest BCUT2D eigenvalue weighted by Gasteiger charge is 2.29. The van der Waals surface area contributed by atoms with Gasteiger partial charge in [-0.3, -0.25) is 15.0 Å². The van der Waals surface area contributed by atoms with Gasteiger partial charge in [0.05, 0.1) is 11.4 Å². The average molecular weight is 411 g/mol. The number of imide groups is 1. The summed E-state index contributed by atoms with van der Waals surface area (Å²) in [6.45, 7) is 9.27. The molecule has 2 rings (SSSR count). The number of hydrogen-bond acceptors (Lipinski definition) is 5. The number of carbonyl (C=O) groups is 2. The lowest BCUT2D eigenvalue weighted by molar-refractivity contribution is -0.121. The lowest BCUT2D eigenvalue weighted by Crippen LogP contribution is -2.52. The van der Waals surface area contributed by atoms with Crippen LogP contribution < -0.4 is 10.6 Å². The Labute approximate surface area is 167 Å². The first kappa shape index (κ1) is 22.3. The van der Waals surface area contributed by atoms with Crippen LogP contribution in [0.5, 0.6) is 0 Å². The number of urea groups is 1. The average Bonchev–Trinajstić information content (AvgIpc) is 2.61. The Kier molecular flexibility index (Phi) is 7.56. The van der Waals surface area contributed by atoms with E-state index in [4.69, 9.17) is 0 Å². The molecule has 8 nitrogen and oxygen atoms in total. The summed E-state index contributed by atoms with van der Waals surface area (Å²) in [4.78, 5) is 25.6. The maximum Gasteiger partial charge on any atom is 0.321 e. The molecule has 3 amide bonds. The number of nitrogens with zero attached hydrogens (tertiary/aromatic N) is 2. The number of benzene rings is 1. The van der Waals surface area contributed by atoms with Gasteiger partial charge in [-0.1, -0.05) is 26.0 Å². The van der Waals surface area contributed by atoms with Crippen molar-refractivity contribution >= 4 is 22.0 Å². The second kappa shape index (κ2) is 9.49. The third-order valence-corrected chi connectivity index (χ3v) is 6.47. The Morgan fingerprint density at radius 2 is 1.57 bits per heavy atom. The van der Waals surface area contributed by atoms with Gasteiger partial charge in [0.25, 0.3) is 0 Å². The minimum absolute atomic E-state index is 0.0580. The molecule has 1 aromatic carbocycles. The van der Waals surface area contributed by atoms with Crippen LogP contribution in [0, 0.1) is 0 Å². The molecule has 156 valence electrons. The summed E-state index contributed by atoms with van der Waals surface area (Å²) in [5.74, 6) is -0.0622. The van der Waals surface area contributed by atoms with Crippen LogP contribution >= 0.6 is 0 Å². The molecule has 0 saturated carbocycles. The maximum absolute atomic E-state index is 12.8. The highest BCUT2D eigenvalue weighted by Crippen LogP contribution is 2.21. The summed E-state index contributed by atoms with van der Waals surface area (Å²) < 4.78 is 27.1. The van der Waals surface area contributed by atoms with E-state index in [9.17, 15) is 18.0 Å². The van der Waals surface area contributed by atoms with Gasteiger partial charge >= 0.3 is 6.03 Å². The molecule has 1 aliphatic rings. The van der Waals surface area contributed by atoms with E-state index in [0.29, 0.717) is 32.1 Å². The van der Waals surface area contributed by atoms with E-state index in [1.807, 2.05) is 17.0 Å². The molecule has 9 heteroatoms. The van der Waals surface area contributed by atoms with Crippen LogP contribution in [0.2, 0.25) is 0 Å². The molecular weight excluding hydrogens is 380 g/mol. The molecule has 28 heavy (non-hydrogen) atoms. The fourth-order valence-electron chi connectivity index (χ4n) is 2.97. The van der Waals surface area contributed by atoms with E-state index >= 15 is 0 Å². The molecule has 0 spiro atoms. The van der Waals surface area contributed by atoms with Crippen LogP contribution in [0.4, 0.5) is 4.79 Å². The van der Waals surface area contributed by atoms with Crippen molar-refractivity contribution in [3.05, 3.63) is 29.8 Å². The quantitative estimate of drug-likeness (QED) is 0.738. The van der Waals surface area contributed by atoms with Crippen LogP contribution in [0.1, 0.15) is 39.2 Å². The van der Waals surface area contributed by atoms with Crippen LogP contribution in [0.15, 0.2) is 29.2 Å². The van der Waals surface area contributed by atoms with E-state index in [-0.39, 0.29) is 17.5 Å². The smallest absolute Gasteiger partial charge is 0.321 e. The van der Waals surface area contributed by atoms with Crippen LogP contribution in [-0.2, 0) is 14.8 Å². The zero-order valence-electron chi connectivity index (χ0n) is 16.9. The summed E-state index contributed by atoms with van der Waals surface area (Å²) in [7, 11) is -3.55. The molecule has 0 aliphatic carbocycles. The summed E-state index contributed by atoms with van der Waals surface area (Å²) in [6.07, 6.45) is 0. The van der Waals surface area contributed by atoms with E-state index in [0.717, 1.165) is 5.56 Å². The Hall–Kier alpha value is -1.97. The fraction of sp³-hybridized carbons (Fsp3) is 0.579. The van der Waals surface area contributed by atoms with Gasteiger partial charge in [-0.25, -0.2) is 13.2 Å². The summed E-state index contributed by atoms with van der Waals surface area (Å²) in [5.41, 5.74) is 1.09. The molecule has 0 unspecified atom stereocenters. The minimum Gasteiger partial charge on any atom is -0.336 e. The molecule has 1 saturated heterocycles. The van der Waals surface area contributed by atoms with Gasteiger partial charge in [0.15, 0.2) is 0 Å². The van der Waals surface area contributed by atoms with Crippen molar-refractivity contribution < 1.29 is 18.0 Å². The molecule has 1 aromatic rings. The van der Waals surface area contributed by atoms with E-state index in [2.05, 4.69) is 24.5 Å². The molecule has 0 atom stereocenters. The van der Waals surface area contributed by atoms with Crippen LogP contribution in [0.25, 0.3) is 0 Å². The van der Waals surface area contributed by atoms with Crippen molar-refractivity contribution in [1.29, 1.82) is 0 Å². The second-order valence-electron chi connectivity index (χ2n) is 7.58. The molecule has 0 radical (unpaired) electrons. The van der Waals surface area contributed by atoms with Crippen LogP contribution in [0.3, 0.4) is 0 Å². The Balaban J connectivity index is 1.88. The van der Waals surface area contributed by atoms with Crippen molar-refractivity contribution in [3.63, 3.8) is 0 Å². The summed E-state index contributed by atoms with van der Waals surface area (Å²) in [6, 6.07) is 6.42.